The molecule has 0 fully saturated rings. The van der Waals surface area contributed by atoms with Gasteiger partial charge in [0.15, 0.2) is 5.70 Å². The zero-order valence-electron chi connectivity index (χ0n) is 13.2. The maximum Gasteiger partial charge on any atom is 0.363 e. The summed E-state index contributed by atoms with van der Waals surface area (Å²) in [7, 11) is 0. The Morgan fingerprint density at radius 2 is 1.88 bits per heavy atom. The smallest absolute Gasteiger partial charge is 0.363 e. The standard InChI is InChI=1S/C20H15NO3/c1-13-6-8-15(9-7-13)19-21-17(20(22)24-19)11-14-10-16-4-2-3-5-18(16)23-12-14/h2-11H,12H2,1H3/b17-11-. The lowest BCUT2D eigenvalue weighted by atomic mass is 10.1. The van der Waals surface area contributed by atoms with E-state index in [0.717, 1.165) is 28.0 Å². The number of esters is 1. The van der Waals surface area contributed by atoms with Gasteiger partial charge >= 0.3 is 5.97 Å². The average Bonchev–Trinajstić information content (AvgIpc) is 2.96. The molecule has 2 aliphatic heterocycles. The first kappa shape index (κ1) is 14.5. The molecule has 0 atom stereocenters. The van der Waals surface area contributed by atoms with Crippen LogP contribution in [0.1, 0.15) is 16.7 Å². The van der Waals surface area contributed by atoms with Crippen LogP contribution in [0.15, 0.2) is 70.9 Å². The van der Waals surface area contributed by atoms with E-state index >= 15 is 0 Å². The molecule has 4 nitrogen and oxygen atoms in total. The van der Waals surface area contributed by atoms with Crippen molar-refractivity contribution in [1.82, 2.24) is 0 Å². The van der Waals surface area contributed by atoms with Gasteiger partial charge in [0.05, 0.1) is 0 Å². The number of rotatable bonds is 2. The fourth-order valence-electron chi connectivity index (χ4n) is 2.62. The molecule has 0 aliphatic carbocycles. The molecule has 0 spiro atoms. The second-order valence-corrected chi connectivity index (χ2v) is 5.75. The number of aryl methyl sites for hydroxylation is 1. The van der Waals surface area contributed by atoms with Crippen LogP contribution in [0.2, 0.25) is 0 Å². The van der Waals surface area contributed by atoms with Crippen LogP contribution >= 0.6 is 0 Å². The Morgan fingerprint density at radius 1 is 1.08 bits per heavy atom. The molecule has 0 saturated carbocycles. The molecule has 2 aliphatic rings. The maximum absolute atomic E-state index is 12.1. The molecule has 4 heteroatoms. The fourth-order valence-corrected chi connectivity index (χ4v) is 2.62. The van der Waals surface area contributed by atoms with Gasteiger partial charge < -0.3 is 9.47 Å². The minimum Gasteiger partial charge on any atom is -0.488 e. The van der Waals surface area contributed by atoms with Crippen LogP contribution in [0.25, 0.3) is 6.08 Å². The van der Waals surface area contributed by atoms with Crippen molar-refractivity contribution in [3.8, 4) is 5.75 Å². The Balaban J connectivity index is 1.64. The quantitative estimate of drug-likeness (QED) is 0.627. The van der Waals surface area contributed by atoms with Gasteiger partial charge in [-0.05, 0) is 42.8 Å². The molecule has 118 valence electrons. The van der Waals surface area contributed by atoms with Crippen LogP contribution in [-0.4, -0.2) is 18.5 Å². The predicted octanol–water partition coefficient (Wildman–Crippen LogP) is 3.66. The second kappa shape index (κ2) is 5.81. The van der Waals surface area contributed by atoms with E-state index in [1.165, 1.54) is 0 Å². The summed E-state index contributed by atoms with van der Waals surface area (Å²) < 4.78 is 11.0. The van der Waals surface area contributed by atoms with E-state index in [-0.39, 0.29) is 0 Å². The summed E-state index contributed by atoms with van der Waals surface area (Å²) in [6, 6.07) is 15.5. The van der Waals surface area contributed by atoms with Gasteiger partial charge in [0.1, 0.15) is 12.4 Å². The number of nitrogens with zero attached hydrogens (tertiary/aromatic N) is 1. The fraction of sp³-hybridized carbons (Fsp3) is 0.100. The molecule has 0 unspecified atom stereocenters. The van der Waals surface area contributed by atoms with E-state index in [1.807, 2.05) is 61.5 Å². The first-order valence-electron chi connectivity index (χ1n) is 7.71. The number of para-hydroxylation sites is 1. The molecule has 0 saturated heterocycles. The summed E-state index contributed by atoms with van der Waals surface area (Å²) in [5.74, 6) is 0.742. The number of cyclic esters (lactones) is 1. The van der Waals surface area contributed by atoms with E-state index in [0.29, 0.717) is 18.2 Å². The van der Waals surface area contributed by atoms with Crippen molar-refractivity contribution in [2.75, 3.05) is 6.61 Å². The third kappa shape index (κ3) is 2.74. The third-order valence-electron chi connectivity index (χ3n) is 3.90. The van der Waals surface area contributed by atoms with Crippen molar-refractivity contribution in [2.45, 2.75) is 6.92 Å². The molecule has 0 amide bonds. The molecule has 0 N–H and O–H groups in total. The van der Waals surface area contributed by atoms with Gasteiger partial charge in [-0.3, -0.25) is 0 Å². The minimum atomic E-state index is -0.440. The lowest BCUT2D eigenvalue weighted by molar-refractivity contribution is -0.130. The van der Waals surface area contributed by atoms with Crippen molar-refractivity contribution in [3.05, 3.63) is 82.6 Å². The Morgan fingerprint density at radius 3 is 2.71 bits per heavy atom. The predicted molar refractivity (Wildman–Crippen MR) is 91.8 cm³/mol. The lowest BCUT2D eigenvalue weighted by Crippen LogP contribution is -2.08. The number of hydrogen-bond donors (Lipinski definition) is 0. The van der Waals surface area contributed by atoms with E-state index in [4.69, 9.17) is 9.47 Å². The molecular formula is C20H15NO3. The highest BCUT2D eigenvalue weighted by molar-refractivity contribution is 6.11. The van der Waals surface area contributed by atoms with E-state index < -0.39 is 5.97 Å². The zero-order chi connectivity index (χ0) is 16.5. The first-order valence-corrected chi connectivity index (χ1v) is 7.71. The topological polar surface area (TPSA) is 47.9 Å². The number of aliphatic imine (C=N–C) groups is 1. The third-order valence-corrected chi connectivity index (χ3v) is 3.90. The van der Waals surface area contributed by atoms with Crippen molar-refractivity contribution >= 4 is 17.9 Å². The monoisotopic (exact) mass is 317 g/mol. The Kier molecular flexibility index (Phi) is 3.50. The summed E-state index contributed by atoms with van der Waals surface area (Å²) >= 11 is 0. The second-order valence-electron chi connectivity index (χ2n) is 5.75. The summed E-state index contributed by atoms with van der Waals surface area (Å²) in [6.07, 6.45) is 3.72. The summed E-state index contributed by atoms with van der Waals surface area (Å²) in [5, 5.41) is 0. The molecule has 24 heavy (non-hydrogen) atoms. The Bertz CT molecular complexity index is 905. The van der Waals surface area contributed by atoms with Crippen molar-refractivity contribution in [3.63, 3.8) is 0 Å². The van der Waals surface area contributed by atoms with E-state index in [2.05, 4.69) is 4.99 Å². The van der Waals surface area contributed by atoms with Crippen LogP contribution in [0, 0.1) is 6.92 Å². The number of fused-ring (bicyclic) bond motifs is 1. The van der Waals surface area contributed by atoms with Crippen LogP contribution in [0.4, 0.5) is 0 Å². The van der Waals surface area contributed by atoms with Gasteiger partial charge in [-0.25, -0.2) is 9.79 Å². The Hall–Kier alpha value is -3.14. The highest BCUT2D eigenvalue weighted by Gasteiger charge is 2.24. The summed E-state index contributed by atoms with van der Waals surface area (Å²) in [4.78, 5) is 16.4. The van der Waals surface area contributed by atoms with Gasteiger partial charge in [0.2, 0.25) is 5.90 Å². The number of benzene rings is 2. The molecule has 2 aromatic rings. The van der Waals surface area contributed by atoms with E-state index in [9.17, 15) is 4.79 Å². The molecule has 0 aromatic heterocycles. The first-order chi connectivity index (χ1) is 11.7. The zero-order valence-corrected chi connectivity index (χ0v) is 13.2. The summed E-state index contributed by atoms with van der Waals surface area (Å²) in [6.45, 7) is 2.41. The molecule has 0 radical (unpaired) electrons. The normalized spacial score (nSPS) is 17.7. The van der Waals surface area contributed by atoms with Gasteiger partial charge in [-0.15, -0.1) is 0 Å². The summed E-state index contributed by atoms with van der Waals surface area (Å²) in [5.41, 5.74) is 4.10. The minimum absolute atomic E-state index is 0.291. The molecule has 4 rings (SSSR count). The number of ether oxygens (including phenoxy) is 2. The maximum atomic E-state index is 12.1. The van der Waals surface area contributed by atoms with Gasteiger partial charge in [-0.2, -0.15) is 0 Å². The SMILES string of the molecule is Cc1ccc(C2=N/C(=C\C3=Cc4ccccc4OC3)C(=O)O2)cc1. The number of hydrogen-bond acceptors (Lipinski definition) is 4. The highest BCUT2D eigenvalue weighted by atomic mass is 16.6. The molecule has 2 aromatic carbocycles. The van der Waals surface area contributed by atoms with Gasteiger partial charge in [0, 0.05) is 11.1 Å². The van der Waals surface area contributed by atoms with Crippen LogP contribution in [0.3, 0.4) is 0 Å². The van der Waals surface area contributed by atoms with Crippen LogP contribution < -0.4 is 4.74 Å². The van der Waals surface area contributed by atoms with Crippen LogP contribution in [0.5, 0.6) is 5.75 Å². The highest BCUT2D eigenvalue weighted by Crippen LogP contribution is 2.27. The number of carbonyl (C=O) groups is 1. The molecule has 2 heterocycles. The van der Waals surface area contributed by atoms with Crippen molar-refractivity contribution in [2.24, 2.45) is 4.99 Å². The molecular weight excluding hydrogens is 302 g/mol. The van der Waals surface area contributed by atoms with Gasteiger partial charge in [0.25, 0.3) is 0 Å². The molecule has 0 bridgehead atoms. The average molecular weight is 317 g/mol. The Labute approximate surface area is 139 Å². The van der Waals surface area contributed by atoms with E-state index in [1.54, 1.807) is 6.08 Å². The largest absolute Gasteiger partial charge is 0.488 e. The van der Waals surface area contributed by atoms with Crippen LogP contribution in [-0.2, 0) is 9.53 Å². The number of carbonyl (C=O) groups excluding carboxylic acids is 1. The van der Waals surface area contributed by atoms with Gasteiger partial charge in [-0.1, -0.05) is 35.9 Å². The van der Waals surface area contributed by atoms with Crippen molar-refractivity contribution in [1.29, 1.82) is 0 Å². The lowest BCUT2D eigenvalue weighted by Gasteiger charge is -2.15. The van der Waals surface area contributed by atoms with Crippen molar-refractivity contribution < 1.29 is 14.3 Å².